The molecule has 0 saturated heterocycles. The first-order chi connectivity index (χ1) is 15.0. The summed E-state index contributed by atoms with van der Waals surface area (Å²) in [7, 11) is 6.74. The van der Waals surface area contributed by atoms with Gasteiger partial charge in [-0.3, -0.25) is 9.78 Å². The Bertz CT molecular complexity index is 1070. The molecule has 8 nitrogen and oxygen atoms in total. The van der Waals surface area contributed by atoms with Crippen LogP contribution in [-0.2, 0) is 11.3 Å². The lowest BCUT2D eigenvalue weighted by Gasteiger charge is -2.24. The highest BCUT2D eigenvalue weighted by atomic mass is 16.5. The third-order valence-electron chi connectivity index (χ3n) is 5.08. The number of primary amides is 1. The third kappa shape index (κ3) is 4.70. The average Bonchev–Trinajstić information content (AvgIpc) is 2.79. The molecule has 1 amide bonds. The number of benzene rings is 2. The number of nitrogens with zero attached hydrogens (tertiary/aromatic N) is 1. The average molecular weight is 425 g/mol. The lowest BCUT2D eigenvalue weighted by atomic mass is 10.0. The Morgan fingerprint density at radius 2 is 1.90 bits per heavy atom. The summed E-state index contributed by atoms with van der Waals surface area (Å²) in [4.78, 5) is 16.4. The maximum absolute atomic E-state index is 11.9. The van der Waals surface area contributed by atoms with E-state index in [4.69, 9.17) is 19.9 Å². The van der Waals surface area contributed by atoms with Crippen molar-refractivity contribution >= 4 is 22.5 Å². The molecule has 0 aliphatic rings. The SMILES string of the molecule is CNC[C@@H](Nc1c(COC)cnc2c(C(N)=O)cccc12)c1ccc(OC)c(OC)c1. The predicted molar refractivity (Wildman–Crippen MR) is 121 cm³/mol. The van der Waals surface area contributed by atoms with Crippen LogP contribution in [0.2, 0.25) is 0 Å². The first kappa shape index (κ1) is 22.3. The normalized spacial score (nSPS) is 11.9. The molecule has 0 fully saturated rings. The van der Waals surface area contributed by atoms with Crippen molar-refractivity contribution < 1.29 is 19.0 Å². The van der Waals surface area contributed by atoms with Crippen molar-refractivity contribution in [1.82, 2.24) is 10.3 Å². The largest absolute Gasteiger partial charge is 0.493 e. The highest BCUT2D eigenvalue weighted by molar-refractivity contribution is 6.08. The van der Waals surface area contributed by atoms with E-state index >= 15 is 0 Å². The van der Waals surface area contributed by atoms with Crippen molar-refractivity contribution in [2.24, 2.45) is 5.73 Å². The number of para-hydroxylation sites is 1. The number of ether oxygens (including phenoxy) is 3. The Morgan fingerprint density at radius 1 is 1.13 bits per heavy atom. The number of aromatic nitrogens is 1. The molecule has 1 atom stereocenters. The number of amides is 1. The number of anilines is 1. The lowest BCUT2D eigenvalue weighted by Crippen LogP contribution is -2.24. The van der Waals surface area contributed by atoms with Gasteiger partial charge < -0.3 is 30.6 Å². The highest BCUT2D eigenvalue weighted by Gasteiger charge is 2.19. The second kappa shape index (κ2) is 10.1. The third-order valence-corrected chi connectivity index (χ3v) is 5.08. The van der Waals surface area contributed by atoms with E-state index in [9.17, 15) is 4.79 Å². The van der Waals surface area contributed by atoms with Crippen molar-refractivity contribution in [1.29, 1.82) is 0 Å². The van der Waals surface area contributed by atoms with Crippen molar-refractivity contribution in [3.8, 4) is 11.5 Å². The summed E-state index contributed by atoms with van der Waals surface area (Å²) in [5.41, 5.74) is 9.21. The molecular weight excluding hydrogens is 396 g/mol. The van der Waals surface area contributed by atoms with Gasteiger partial charge in [-0.2, -0.15) is 0 Å². The first-order valence-electron chi connectivity index (χ1n) is 9.86. The minimum atomic E-state index is -0.518. The molecule has 3 aromatic rings. The Hall–Kier alpha value is -3.36. The summed E-state index contributed by atoms with van der Waals surface area (Å²) in [5, 5.41) is 7.64. The molecule has 1 aromatic heterocycles. The van der Waals surface area contributed by atoms with Crippen LogP contribution in [0.15, 0.2) is 42.6 Å². The fourth-order valence-corrected chi connectivity index (χ4v) is 3.60. The Balaban J connectivity index is 2.13. The summed E-state index contributed by atoms with van der Waals surface area (Å²) in [6.45, 7) is 1.01. The van der Waals surface area contributed by atoms with Crippen LogP contribution in [0.4, 0.5) is 5.69 Å². The van der Waals surface area contributed by atoms with E-state index < -0.39 is 5.91 Å². The van der Waals surface area contributed by atoms with Crippen LogP contribution in [0.5, 0.6) is 11.5 Å². The highest BCUT2D eigenvalue weighted by Crippen LogP contribution is 2.34. The van der Waals surface area contributed by atoms with E-state index in [1.165, 1.54) is 0 Å². The van der Waals surface area contributed by atoms with E-state index in [2.05, 4.69) is 15.6 Å². The van der Waals surface area contributed by atoms with Gasteiger partial charge >= 0.3 is 0 Å². The first-order valence-corrected chi connectivity index (χ1v) is 9.86. The number of hydrogen-bond acceptors (Lipinski definition) is 7. The van der Waals surface area contributed by atoms with Gasteiger partial charge in [-0.05, 0) is 30.8 Å². The fourth-order valence-electron chi connectivity index (χ4n) is 3.60. The zero-order valence-corrected chi connectivity index (χ0v) is 18.2. The maximum atomic E-state index is 11.9. The van der Waals surface area contributed by atoms with Crippen LogP contribution in [0, 0.1) is 0 Å². The number of carbonyl (C=O) groups is 1. The van der Waals surface area contributed by atoms with Crippen LogP contribution in [-0.4, -0.2) is 45.8 Å². The molecule has 4 N–H and O–H groups in total. The number of nitrogens with two attached hydrogens (primary N) is 1. The van der Waals surface area contributed by atoms with Crippen molar-refractivity contribution in [2.75, 3.05) is 40.2 Å². The van der Waals surface area contributed by atoms with Gasteiger partial charge in [-0.1, -0.05) is 18.2 Å². The number of likely N-dealkylation sites (N-methyl/N-ethyl adjacent to an activating group) is 1. The van der Waals surface area contributed by atoms with Gasteiger partial charge in [0.2, 0.25) is 0 Å². The van der Waals surface area contributed by atoms with Crippen molar-refractivity contribution in [2.45, 2.75) is 12.6 Å². The number of pyridine rings is 1. The van der Waals surface area contributed by atoms with E-state index in [-0.39, 0.29) is 6.04 Å². The summed E-state index contributed by atoms with van der Waals surface area (Å²) in [5.74, 6) is 0.792. The number of hydrogen-bond donors (Lipinski definition) is 3. The van der Waals surface area contributed by atoms with Crippen LogP contribution in [0.3, 0.4) is 0 Å². The minimum Gasteiger partial charge on any atom is -0.493 e. The predicted octanol–water partition coefficient (Wildman–Crippen LogP) is 2.87. The van der Waals surface area contributed by atoms with E-state index in [0.717, 1.165) is 22.2 Å². The van der Waals surface area contributed by atoms with Gasteiger partial charge in [0.05, 0.1) is 43.6 Å². The summed E-state index contributed by atoms with van der Waals surface area (Å²) in [6, 6.07) is 11.1. The van der Waals surface area contributed by atoms with Crippen molar-refractivity contribution in [3.05, 3.63) is 59.3 Å². The van der Waals surface area contributed by atoms with Crippen LogP contribution in [0.25, 0.3) is 10.9 Å². The Labute approximate surface area is 181 Å². The second-order valence-corrected chi connectivity index (χ2v) is 7.03. The second-order valence-electron chi connectivity index (χ2n) is 7.03. The van der Waals surface area contributed by atoms with Crippen LogP contribution >= 0.6 is 0 Å². The molecule has 0 saturated carbocycles. The van der Waals surface area contributed by atoms with Gasteiger partial charge in [-0.15, -0.1) is 0 Å². The summed E-state index contributed by atoms with van der Waals surface area (Å²) < 4.78 is 16.2. The summed E-state index contributed by atoms with van der Waals surface area (Å²) in [6.07, 6.45) is 1.71. The number of nitrogens with one attached hydrogen (secondary N) is 2. The molecule has 0 bridgehead atoms. The fraction of sp³-hybridized carbons (Fsp3) is 0.304. The molecule has 0 spiro atoms. The van der Waals surface area contributed by atoms with Gasteiger partial charge in [0.1, 0.15) is 0 Å². The zero-order chi connectivity index (χ0) is 22.4. The number of carbonyl (C=O) groups excluding carboxylic acids is 1. The van der Waals surface area contributed by atoms with Crippen LogP contribution in [0.1, 0.15) is 27.5 Å². The van der Waals surface area contributed by atoms with Gasteiger partial charge in [0, 0.05) is 30.8 Å². The molecule has 0 radical (unpaired) electrons. The number of methoxy groups -OCH3 is 3. The van der Waals surface area contributed by atoms with E-state index in [1.807, 2.05) is 31.3 Å². The zero-order valence-electron chi connectivity index (χ0n) is 18.2. The smallest absolute Gasteiger partial charge is 0.250 e. The topological polar surface area (TPSA) is 108 Å². The van der Waals surface area contributed by atoms with E-state index in [1.54, 1.807) is 39.7 Å². The van der Waals surface area contributed by atoms with Crippen LogP contribution < -0.4 is 25.8 Å². The molecule has 3 rings (SSSR count). The molecule has 164 valence electrons. The van der Waals surface area contributed by atoms with E-state index in [0.29, 0.717) is 35.7 Å². The maximum Gasteiger partial charge on any atom is 0.250 e. The van der Waals surface area contributed by atoms with Gasteiger partial charge in [0.25, 0.3) is 5.91 Å². The minimum absolute atomic E-state index is 0.108. The Kier molecular flexibility index (Phi) is 7.28. The molecular formula is C23H28N4O4. The summed E-state index contributed by atoms with van der Waals surface area (Å²) >= 11 is 0. The molecule has 31 heavy (non-hydrogen) atoms. The molecule has 0 aliphatic heterocycles. The van der Waals surface area contributed by atoms with Gasteiger partial charge in [-0.25, -0.2) is 0 Å². The number of rotatable bonds is 10. The molecule has 0 aliphatic carbocycles. The monoisotopic (exact) mass is 424 g/mol. The lowest BCUT2D eigenvalue weighted by molar-refractivity contribution is 0.100. The van der Waals surface area contributed by atoms with Gasteiger partial charge in [0.15, 0.2) is 11.5 Å². The molecule has 0 unspecified atom stereocenters. The molecule has 2 aromatic carbocycles. The molecule has 8 heteroatoms. The number of fused-ring (bicyclic) bond motifs is 1. The Morgan fingerprint density at radius 3 is 2.55 bits per heavy atom. The van der Waals surface area contributed by atoms with Crippen molar-refractivity contribution in [3.63, 3.8) is 0 Å². The quantitative estimate of drug-likeness (QED) is 0.459. The molecule has 1 heterocycles. The standard InChI is InChI=1S/C23H28N4O4/c1-25-12-18(14-8-9-19(30-3)20(10-14)31-4)27-21-15(13-29-2)11-26-22-16(21)6-5-7-17(22)23(24)28/h5-11,18,25H,12-13H2,1-4H3,(H2,24,28)(H,26,27)/t18-/m1/s1.